The van der Waals surface area contributed by atoms with Gasteiger partial charge in [-0.3, -0.25) is 0 Å². The quantitative estimate of drug-likeness (QED) is 0.886. The fourth-order valence-corrected chi connectivity index (χ4v) is 1.71. The van der Waals surface area contributed by atoms with Crippen molar-refractivity contribution in [2.75, 3.05) is 6.54 Å². The second kappa shape index (κ2) is 6.70. The van der Waals surface area contributed by atoms with Gasteiger partial charge in [0.1, 0.15) is 11.5 Å². The van der Waals surface area contributed by atoms with Crippen LogP contribution in [0.3, 0.4) is 0 Å². The molecule has 0 saturated heterocycles. The Kier molecular flexibility index (Phi) is 5.56. The van der Waals surface area contributed by atoms with Crippen LogP contribution in [0, 0.1) is 0 Å². The zero-order valence-corrected chi connectivity index (χ0v) is 11.1. The lowest BCUT2D eigenvalue weighted by Crippen LogP contribution is -3.00. The smallest absolute Gasteiger partial charge is 0.134 e. The molecule has 17 heavy (non-hydrogen) atoms. The monoisotopic (exact) mass is 270 g/mol. The van der Waals surface area contributed by atoms with Crippen LogP contribution in [0.2, 0.25) is 5.02 Å². The van der Waals surface area contributed by atoms with Gasteiger partial charge >= 0.3 is 0 Å². The molecule has 0 bridgehead atoms. The molecular weight excluding hydrogens is 257 g/mol. The van der Waals surface area contributed by atoms with Crippen molar-refractivity contribution in [2.45, 2.75) is 13.5 Å². The maximum atomic E-state index is 5.93. The molecule has 1 aromatic heterocycles. The summed E-state index contributed by atoms with van der Waals surface area (Å²) in [6, 6.07) is 11.6. The van der Waals surface area contributed by atoms with E-state index in [1.807, 2.05) is 36.4 Å². The molecule has 0 fully saturated rings. The van der Waals surface area contributed by atoms with E-state index in [0.717, 1.165) is 35.2 Å². The van der Waals surface area contributed by atoms with Gasteiger partial charge in [0.15, 0.2) is 0 Å². The van der Waals surface area contributed by atoms with Crippen molar-refractivity contribution in [3.8, 4) is 11.3 Å². The second-order valence-electron chi connectivity index (χ2n) is 3.56. The number of hydrogen-bond donors (Lipinski definition) is 1. The van der Waals surface area contributed by atoms with Gasteiger partial charge in [-0.2, -0.15) is 0 Å². The Balaban J connectivity index is 0.00000144. The maximum Gasteiger partial charge on any atom is 0.134 e. The molecule has 0 spiro atoms. The fraction of sp³-hybridized carbons (Fsp3) is 0.231. The van der Waals surface area contributed by atoms with E-state index >= 15 is 0 Å². The minimum Gasteiger partial charge on any atom is -1.00 e. The molecule has 1 aromatic carbocycles. The van der Waals surface area contributed by atoms with Gasteiger partial charge in [-0.15, -0.1) is 0 Å². The highest BCUT2D eigenvalue weighted by Gasteiger charge is 2.04. The van der Waals surface area contributed by atoms with E-state index in [4.69, 9.17) is 16.0 Å². The summed E-state index contributed by atoms with van der Waals surface area (Å²) in [5.41, 5.74) is 1.01. The van der Waals surface area contributed by atoms with E-state index in [9.17, 15) is 0 Å². The fourth-order valence-electron chi connectivity index (χ4n) is 1.52. The van der Waals surface area contributed by atoms with Crippen LogP contribution in [-0.2, 0) is 6.54 Å². The molecule has 2 aromatic rings. The van der Waals surface area contributed by atoms with Crippen molar-refractivity contribution in [1.29, 1.82) is 0 Å². The lowest BCUT2D eigenvalue weighted by atomic mass is 10.2. The number of hydrogen-bond acceptors (Lipinski definition) is 2. The van der Waals surface area contributed by atoms with Crippen LogP contribution in [0.15, 0.2) is 40.8 Å². The first-order valence-electron chi connectivity index (χ1n) is 5.35. The minimum atomic E-state index is 0. The third kappa shape index (κ3) is 3.77. The van der Waals surface area contributed by atoms with Crippen molar-refractivity contribution in [2.24, 2.45) is 0 Å². The van der Waals surface area contributed by atoms with Crippen LogP contribution in [0.5, 0.6) is 0 Å². The van der Waals surface area contributed by atoms with Crippen LogP contribution in [0.4, 0.5) is 0 Å². The summed E-state index contributed by atoms with van der Waals surface area (Å²) in [4.78, 5) is 0. The van der Waals surface area contributed by atoms with E-state index in [1.165, 1.54) is 0 Å². The number of halogens is 2. The Labute approximate surface area is 112 Å². The predicted molar refractivity (Wildman–Crippen MR) is 66.5 cm³/mol. The van der Waals surface area contributed by atoms with E-state index in [1.54, 1.807) is 0 Å². The van der Waals surface area contributed by atoms with Gasteiger partial charge in [-0.05, 0) is 30.8 Å². The summed E-state index contributed by atoms with van der Waals surface area (Å²) >= 11 is 5.93. The summed E-state index contributed by atoms with van der Waals surface area (Å²) < 4.78 is 5.71. The highest BCUT2D eigenvalue weighted by molar-refractivity contribution is 6.30. The first kappa shape index (κ1) is 14.1. The summed E-state index contributed by atoms with van der Waals surface area (Å²) in [5.74, 6) is 1.80. The highest BCUT2D eigenvalue weighted by atomic mass is 35.5. The second-order valence-corrected chi connectivity index (χ2v) is 3.99. The third-order valence-corrected chi connectivity index (χ3v) is 2.56. The van der Waals surface area contributed by atoms with Gasteiger partial charge in [0.05, 0.1) is 6.54 Å². The van der Waals surface area contributed by atoms with Crippen molar-refractivity contribution in [3.05, 3.63) is 47.2 Å². The van der Waals surface area contributed by atoms with Crippen LogP contribution in [0.25, 0.3) is 11.3 Å². The molecule has 0 aliphatic rings. The number of furan rings is 1. The SMILES string of the molecule is CCNCc1ccc(-c2cccc(Cl)c2)o1.[Cl-]. The molecule has 0 atom stereocenters. The number of rotatable bonds is 4. The lowest BCUT2D eigenvalue weighted by molar-refractivity contribution is -0.00000378. The molecule has 0 radical (unpaired) electrons. The van der Waals surface area contributed by atoms with Gasteiger partial charge in [0.2, 0.25) is 0 Å². The number of nitrogens with one attached hydrogen (secondary N) is 1. The van der Waals surface area contributed by atoms with Crippen LogP contribution < -0.4 is 17.7 Å². The Hall–Kier alpha value is -0.960. The Morgan fingerprint density at radius 1 is 1.24 bits per heavy atom. The van der Waals surface area contributed by atoms with Gasteiger partial charge in [0, 0.05) is 10.6 Å². The maximum absolute atomic E-state index is 5.93. The van der Waals surface area contributed by atoms with Crippen LogP contribution in [0.1, 0.15) is 12.7 Å². The van der Waals surface area contributed by atoms with Gasteiger partial charge in [0.25, 0.3) is 0 Å². The predicted octanol–water partition coefficient (Wildman–Crippen LogP) is 0.714. The molecule has 92 valence electrons. The zero-order chi connectivity index (χ0) is 11.4. The number of benzene rings is 1. The van der Waals surface area contributed by atoms with Crippen molar-refractivity contribution in [3.63, 3.8) is 0 Å². The Bertz CT molecular complexity index is 468. The summed E-state index contributed by atoms with van der Waals surface area (Å²) in [5, 5.41) is 3.95. The molecule has 0 saturated carbocycles. The largest absolute Gasteiger partial charge is 1.00 e. The minimum absolute atomic E-state index is 0. The lowest BCUT2D eigenvalue weighted by Gasteiger charge is -1.99. The molecule has 1 N–H and O–H groups in total. The molecule has 0 aliphatic carbocycles. The third-order valence-electron chi connectivity index (χ3n) is 2.32. The van der Waals surface area contributed by atoms with Crippen LogP contribution >= 0.6 is 11.6 Å². The standard InChI is InChI=1S/C13H14ClNO.ClH/c1-2-15-9-12-6-7-13(16-12)10-4-3-5-11(14)8-10;/h3-8,15H,2,9H2,1H3;1H/p-1. The van der Waals surface area contributed by atoms with Crippen molar-refractivity contribution >= 4 is 11.6 Å². The highest BCUT2D eigenvalue weighted by Crippen LogP contribution is 2.24. The molecule has 0 unspecified atom stereocenters. The first-order valence-corrected chi connectivity index (χ1v) is 5.73. The van der Waals surface area contributed by atoms with Crippen molar-refractivity contribution in [1.82, 2.24) is 5.32 Å². The first-order chi connectivity index (χ1) is 7.79. The summed E-state index contributed by atoms with van der Waals surface area (Å²) in [6.45, 7) is 3.77. The normalized spacial score (nSPS) is 10.0. The van der Waals surface area contributed by atoms with E-state index in [-0.39, 0.29) is 12.4 Å². The van der Waals surface area contributed by atoms with Gasteiger partial charge in [-0.25, -0.2) is 0 Å². The average molecular weight is 271 g/mol. The Morgan fingerprint density at radius 2 is 2.06 bits per heavy atom. The molecule has 2 rings (SSSR count). The molecule has 2 nitrogen and oxygen atoms in total. The zero-order valence-electron chi connectivity index (χ0n) is 9.54. The topological polar surface area (TPSA) is 25.2 Å². The van der Waals surface area contributed by atoms with E-state index < -0.39 is 0 Å². The average Bonchev–Trinajstić information content (AvgIpc) is 2.75. The molecular formula is C13H14Cl2NO-. The Morgan fingerprint density at radius 3 is 2.76 bits per heavy atom. The van der Waals surface area contributed by atoms with Gasteiger partial charge < -0.3 is 22.1 Å². The molecule has 4 heteroatoms. The van der Waals surface area contributed by atoms with Crippen molar-refractivity contribution < 1.29 is 16.8 Å². The molecule has 0 amide bonds. The molecule has 0 aliphatic heterocycles. The van der Waals surface area contributed by atoms with Gasteiger partial charge in [-0.1, -0.05) is 30.7 Å². The summed E-state index contributed by atoms with van der Waals surface area (Å²) in [6.07, 6.45) is 0. The summed E-state index contributed by atoms with van der Waals surface area (Å²) in [7, 11) is 0. The van der Waals surface area contributed by atoms with Crippen LogP contribution in [-0.4, -0.2) is 6.54 Å². The molecule has 1 heterocycles. The van der Waals surface area contributed by atoms with E-state index in [0.29, 0.717) is 0 Å². The van der Waals surface area contributed by atoms with E-state index in [2.05, 4.69) is 12.2 Å².